The maximum atomic E-state index is 13.5. The van der Waals surface area contributed by atoms with Crippen molar-refractivity contribution >= 4 is 28.7 Å². The third-order valence-electron chi connectivity index (χ3n) is 3.96. The molecule has 2 amide bonds. The van der Waals surface area contributed by atoms with Crippen molar-refractivity contribution in [3.05, 3.63) is 81.4 Å². The molecular formula is C18H9FN2O5. The number of nitrogens with zero attached hydrogens (tertiary/aromatic N) is 1. The number of rotatable bonds is 2. The van der Waals surface area contributed by atoms with Gasteiger partial charge in [-0.05, 0) is 30.3 Å². The lowest BCUT2D eigenvalue weighted by Crippen LogP contribution is -2.33. The predicted octanol–water partition coefficient (Wildman–Crippen LogP) is 2.04. The van der Waals surface area contributed by atoms with Gasteiger partial charge in [0.2, 0.25) is 5.56 Å². The van der Waals surface area contributed by atoms with Crippen LogP contribution in [0.15, 0.2) is 53.3 Å². The van der Waals surface area contributed by atoms with Crippen molar-refractivity contribution in [1.82, 2.24) is 10.0 Å². The van der Waals surface area contributed by atoms with E-state index in [4.69, 9.17) is 4.84 Å². The summed E-state index contributed by atoms with van der Waals surface area (Å²) in [5.74, 6) is -3.33. The zero-order chi connectivity index (χ0) is 18.4. The van der Waals surface area contributed by atoms with Crippen LogP contribution in [0.4, 0.5) is 4.39 Å². The van der Waals surface area contributed by atoms with Crippen LogP contribution in [-0.4, -0.2) is 27.8 Å². The quantitative estimate of drug-likeness (QED) is 0.712. The maximum absolute atomic E-state index is 13.5. The summed E-state index contributed by atoms with van der Waals surface area (Å²) in [6.45, 7) is 0. The number of imide groups is 1. The summed E-state index contributed by atoms with van der Waals surface area (Å²) in [5.41, 5.74) is -0.453. The lowest BCUT2D eigenvalue weighted by atomic mass is 10.1. The number of benzene rings is 2. The minimum atomic E-state index is -1.12. The fourth-order valence-electron chi connectivity index (χ4n) is 2.78. The van der Waals surface area contributed by atoms with Crippen LogP contribution < -0.4 is 5.56 Å². The van der Waals surface area contributed by atoms with Crippen LogP contribution in [0, 0.1) is 5.82 Å². The summed E-state index contributed by atoms with van der Waals surface area (Å²) < 4.78 is 13.5. The van der Waals surface area contributed by atoms with Gasteiger partial charge < -0.3 is 9.82 Å². The second kappa shape index (κ2) is 5.62. The zero-order valence-electron chi connectivity index (χ0n) is 13.0. The number of hydroxylamine groups is 2. The van der Waals surface area contributed by atoms with Gasteiger partial charge in [0.25, 0.3) is 11.8 Å². The van der Waals surface area contributed by atoms with Gasteiger partial charge in [0.15, 0.2) is 0 Å². The van der Waals surface area contributed by atoms with Crippen molar-refractivity contribution in [3.63, 3.8) is 0 Å². The predicted molar refractivity (Wildman–Crippen MR) is 86.9 cm³/mol. The van der Waals surface area contributed by atoms with Gasteiger partial charge in [-0.15, -0.1) is 0 Å². The van der Waals surface area contributed by atoms with Crippen LogP contribution in [0.1, 0.15) is 31.1 Å². The fraction of sp³-hybridized carbons (Fsp3) is 0. The molecule has 0 aliphatic carbocycles. The SMILES string of the molecule is O=C(ON1C(=O)c2ccccc2C1=O)c1cc(=O)[nH]c2ccc(F)cc12. The van der Waals surface area contributed by atoms with E-state index in [2.05, 4.69) is 4.98 Å². The number of H-pyrrole nitrogens is 1. The number of carbonyl (C=O) groups excluding carboxylic acids is 3. The standard InChI is InChI=1S/C18H9FN2O5/c19-9-5-6-14-12(7-9)13(8-15(22)20-14)18(25)26-21-16(23)10-3-1-2-4-11(10)17(21)24/h1-8H,(H,20,22). The highest BCUT2D eigenvalue weighted by Crippen LogP contribution is 2.24. The number of fused-ring (bicyclic) bond motifs is 2. The molecule has 1 aliphatic rings. The van der Waals surface area contributed by atoms with E-state index in [1.54, 1.807) is 12.1 Å². The van der Waals surface area contributed by atoms with Gasteiger partial charge in [-0.2, -0.15) is 0 Å². The molecule has 4 rings (SSSR count). The molecule has 0 bridgehead atoms. The number of hydrogen-bond donors (Lipinski definition) is 1. The number of aromatic nitrogens is 1. The Hall–Kier alpha value is -3.81. The molecule has 8 heteroatoms. The molecule has 0 saturated carbocycles. The third kappa shape index (κ3) is 2.35. The van der Waals surface area contributed by atoms with E-state index >= 15 is 0 Å². The van der Waals surface area contributed by atoms with Gasteiger partial charge in [0, 0.05) is 17.0 Å². The van der Waals surface area contributed by atoms with Crippen LogP contribution in [0.3, 0.4) is 0 Å². The van der Waals surface area contributed by atoms with E-state index in [0.717, 1.165) is 18.2 Å². The lowest BCUT2D eigenvalue weighted by molar-refractivity contribution is -0.0583. The van der Waals surface area contributed by atoms with E-state index in [1.165, 1.54) is 18.2 Å². The monoisotopic (exact) mass is 352 g/mol. The first-order valence-electron chi connectivity index (χ1n) is 7.48. The van der Waals surface area contributed by atoms with Gasteiger partial charge >= 0.3 is 5.97 Å². The molecule has 1 aromatic heterocycles. The summed E-state index contributed by atoms with van der Waals surface area (Å²) in [6, 6.07) is 10.4. The average Bonchev–Trinajstić information content (AvgIpc) is 2.86. The number of nitrogens with one attached hydrogen (secondary N) is 1. The largest absolute Gasteiger partial charge is 0.364 e. The Kier molecular flexibility index (Phi) is 3.40. The molecule has 26 heavy (non-hydrogen) atoms. The average molecular weight is 352 g/mol. The highest BCUT2D eigenvalue weighted by molar-refractivity contribution is 6.21. The van der Waals surface area contributed by atoms with Crippen molar-refractivity contribution in [2.75, 3.05) is 0 Å². The molecule has 0 saturated heterocycles. The molecule has 0 fully saturated rings. The van der Waals surface area contributed by atoms with Gasteiger partial charge in [0.1, 0.15) is 5.82 Å². The molecule has 128 valence electrons. The molecule has 3 aromatic rings. The van der Waals surface area contributed by atoms with Crippen LogP contribution >= 0.6 is 0 Å². The second-order valence-electron chi connectivity index (χ2n) is 5.57. The number of aromatic amines is 1. The van der Waals surface area contributed by atoms with E-state index in [1.807, 2.05) is 0 Å². The Labute approximate surface area is 144 Å². The minimum Gasteiger partial charge on any atom is -0.324 e. The Morgan fingerprint density at radius 2 is 1.62 bits per heavy atom. The molecule has 0 atom stereocenters. The van der Waals surface area contributed by atoms with Gasteiger partial charge in [-0.25, -0.2) is 9.18 Å². The molecule has 2 aromatic carbocycles. The molecule has 1 N–H and O–H groups in total. The molecule has 0 unspecified atom stereocenters. The Morgan fingerprint density at radius 1 is 0.962 bits per heavy atom. The Bertz CT molecular complexity index is 1130. The normalized spacial score (nSPS) is 13.2. The molecule has 2 heterocycles. The van der Waals surface area contributed by atoms with E-state index in [9.17, 15) is 23.6 Å². The van der Waals surface area contributed by atoms with E-state index in [-0.39, 0.29) is 27.6 Å². The van der Waals surface area contributed by atoms with Crippen molar-refractivity contribution in [2.24, 2.45) is 0 Å². The maximum Gasteiger partial charge on any atom is 0.364 e. The molecule has 7 nitrogen and oxygen atoms in total. The van der Waals surface area contributed by atoms with Crippen LogP contribution in [-0.2, 0) is 4.84 Å². The Morgan fingerprint density at radius 3 is 2.27 bits per heavy atom. The van der Waals surface area contributed by atoms with Crippen LogP contribution in [0.5, 0.6) is 0 Å². The van der Waals surface area contributed by atoms with Gasteiger partial charge in [-0.3, -0.25) is 14.4 Å². The van der Waals surface area contributed by atoms with E-state index < -0.39 is 29.2 Å². The number of carbonyl (C=O) groups is 3. The summed E-state index contributed by atoms with van der Waals surface area (Å²) in [6.07, 6.45) is 0. The minimum absolute atomic E-state index is 0.0891. The number of pyridine rings is 1. The van der Waals surface area contributed by atoms with Crippen molar-refractivity contribution in [3.8, 4) is 0 Å². The molecule has 1 aliphatic heterocycles. The number of halogens is 1. The molecular weight excluding hydrogens is 343 g/mol. The first-order chi connectivity index (χ1) is 12.5. The first-order valence-corrected chi connectivity index (χ1v) is 7.48. The van der Waals surface area contributed by atoms with Gasteiger partial charge in [0.05, 0.1) is 16.7 Å². The third-order valence-corrected chi connectivity index (χ3v) is 3.96. The van der Waals surface area contributed by atoms with Crippen molar-refractivity contribution < 1.29 is 23.6 Å². The molecule has 0 spiro atoms. The highest BCUT2D eigenvalue weighted by Gasteiger charge is 2.39. The number of amides is 2. The topological polar surface area (TPSA) is 96.5 Å². The summed E-state index contributed by atoms with van der Waals surface area (Å²) in [5, 5.41) is 0.422. The number of hydrogen-bond acceptors (Lipinski definition) is 5. The highest BCUT2D eigenvalue weighted by atomic mass is 19.1. The summed E-state index contributed by atoms with van der Waals surface area (Å²) in [7, 11) is 0. The fourth-order valence-corrected chi connectivity index (χ4v) is 2.78. The second-order valence-corrected chi connectivity index (χ2v) is 5.57. The van der Waals surface area contributed by atoms with Crippen molar-refractivity contribution in [2.45, 2.75) is 0 Å². The summed E-state index contributed by atoms with van der Waals surface area (Å²) >= 11 is 0. The first kappa shape index (κ1) is 15.7. The van der Waals surface area contributed by atoms with Crippen LogP contribution in [0.2, 0.25) is 0 Å². The Balaban J connectivity index is 1.73. The summed E-state index contributed by atoms with van der Waals surface area (Å²) in [4.78, 5) is 56.1. The van der Waals surface area contributed by atoms with Gasteiger partial charge in [-0.1, -0.05) is 17.2 Å². The molecule has 0 radical (unpaired) electrons. The smallest absolute Gasteiger partial charge is 0.324 e. The van der Waals surface area contributed by atoms with Crippen LogP contribution in [0.25, 0.3) is 10.9 Å². The van der Waals surface area contributed by atoms with E-state index in [0.29, 0.717) is 5.06 Å². The zero-order valence-corrected chi connectivity index (χ0v) is 13.0. The lowest BCUT2D eigenvalue weighted by Gasteiger charge is -2.13. The van der Waals surface area contributed by atoms with Crippen molar-refractivity contribution in [1.29, 1.82) is 0 Å².